The second-order valence-corrected chi connectivity index (χ2v) is 3.03. The largest absolute Gasteiger partial charge is 0.277 e. The minimum absolute atomic E-state index is 0.189. The van der Waals surface area contributed by atoms with E-state index in [4.69, 9.17) is 16.5 Å². The number of hydrazine groups is 2. The van der Waals surface area contributed by atoms with Gasteiger partial charge < -0.3 is 0 Å². The summed E-state index contributed by atoms with van der Waals surface area (Å²) in [5.41, 5.74) is 2.23. The Morgan fingerprint density at radius 2 is 1.92 bits per heavy atom. The summed E-state index contributed by atoms with van der Waals surface area (Å²) in [7, 11) is 0. The van der Waals surface area contributed by atoms with Crippen LogP contribution in [0.5, 0.6) is 0 Å². The fourth-order valence-electron chi connectivity index (χ4n) is 0.784. The van der Waals surface area contributed by atoms with Crippen LogP contribution < -0.4 is 17.1 Å². The van der Waals surface area contributed by atoms with Gasteiger partial charge in [0, 0.05) is 0 Å². The Morgan fingerprint density at radius 1 is 1.42 bits per heavy atom. The van der Waals surface area contributed by atoms with Crippen molar-refractivity contribution < 1.29 is 4.84 Å². The highest BCUT2D eigenvalue weighted by atomic mass is 16.7. The van der Waals surface area contributed by atoms with E-state index in [1.54, 1.807) is 0 Å². The Bertz CT molecular complexity index is 116. The molecule has 0 aromatic carbocycles. The average Bonchev–Trinajstić information content (AvgIpc) is 2.05. The number of hydroxylamine groups is 1. The van der Waals surface area contributed by atoms with E-state index in [2.05, 4.69) is 19.3 Å². The molecule has 0 aromatic rings. The van der Waals surface area contributed by atoms with Crippen molar-refractivity contribution in [2.45, 2.75) is 39.2 Å². The first-order valence-electron chi connectivity index (χ1n) is 4.22. The fraction of sp³-hybridized carbons (Fsp3) is 1.00. The van der Waals surface area contributed by atoms with Gasteiger partial charge in [-0.25, -0.2) is 11.3 Å². The van der Waals surface area contributed by atoms with Gasteiger partial charge in [0.1, 0.15) is 6.67 Å². The predicted molar refractivity (Wildman–Crippen MR) is 48.3 cm³/mol. The van der Waals surface area contributed by atoms with Crippen LogP contribution in [0, 0.1) is 0 Å². The second-order valence-electron chi connectivity index (χ2n) is 3.03. The lowest BCUT2D eigenvalue weighted by molar-refractivity contribution is -0.249. The van der Waals surface area contributed by atoms with Crippen LogP contribution in [0.4, 0.5) is 0 Å². The zero-order valence-electron chi connectivity index (χ0n) is 8.13. The molecule has 0 heterocycles. The lowest BCUT2D eigenvalue weighted by Crippen LogP contribution is -2.47. The van der Waals surface area contributed by atoms with E-state index >= 15 is 0 Å². The third kappa shape index (κ3) is 3.99. The van der Waals surface area contributed by atoms with E-state index in [0.29, 0.717) is 6.67 Å². The molecule has 5 heteroatoms. The quantitative estimate of drug-likeness (QED) is 0.304. The standard InChI is InChI=1S/C7H20N4O/c1-4-7(3,5-2)12-11(9)6-10-8/h10H,4-6,8-9H2,1-3H3. The van der Waals surface area contributed by atoms with E-state index in [-0.39, 0.29) is 5.60 Å². The number of hydrogen-bond acceptors (Lipinski definition) is 5. The Morgan fingerprint density at radius 3 is 2.25 bits per heavy atom. The van der Waals surface area contributed by atoms with Crippen molar-refractivity contribution in [2.24, 2.45) is 11.7 Å². The first-order valence-corrected chi connectivity index (χ1v) is 4.22. The first kappa shape index (κ1) is 11.8. The molecule has 0 rings (SSSR count). The van der Waals surface area contributed by atoms with Crippen LogP contribution in [0.2, 0.25) is 0 Å². The van der Waals surface area contributed by atoms with E-state index < -0.39 is 0 Å². The minimum atomic E-state index is -0.189. The van der Waals surface area contributed by atoms with E-state index in [0.717, 1.165) is 12.8 Å². The van der Waals surface area contributed by atoms with Gasteiger partial charge in [0.25, 0.3) is 0 Å². The van der Waals surface area contributed by atoms with Crippen molar-refractivity contribution >= 4 is 0 Å². The van der Waals surface area contributed by atoms with E-state index in [1.807, 2.05) is 6.92 Å². The van der Waals surface area contributed by atoms with Gasteiger partial charge in [-0.15, -0.1) is 5.17 Å². The summed E-state index contributed by atoms with van der Waals surface area (Å²) in [5.74, 6) is 10.6. The van der Waals surface area contributed by atoms with E-state index in [9.17, 15) is 0 Å². The van der Waals surface area contributed by atoms with Gasteiger partial charge in [-0.05, 0) is 19.8 Å². The Balaban J connectivity index is 3.84. The molecule has 0 bridgehead atoms. The smallest absolute Gasteiger partial charge is 0.102 e. The van der Waals surface area contributed by atoms with Crippen molar-refractivity contribution in [2.75, 3.05) is 6.67 Å². The van der Waals surface area contributed by atoms with Crippen molar-refractivity contribution in [1.29, 1.82) is 0 Å². The lowest BCUT2D eigenvalue weighted by Gasteiger charge is -2.30. The molecule has 0 saturated carbocycles. The highest BCUT2D eigenvalue weighted by Crippen LogP contribution is 2.19. The SMILES string of the molecule is CCC(C)(CC)ON(N)CNN. The van der Waals surface area contributed by atoms with Crippen LogP contribution in [-0.4, -0.2) is 17.4 Å². The van der Waals surface area contributed by atoms with Crippen LogP contribution >= 0.6 is 0 Å². The predicted octanol–water partition coefficient (Wildman–Crippen LogP) is 0.0932. The van der Waals surface area contributed by atoms with Crippen LogP contribution in [0.25, 0.3) is 0 Å². The van der Waals surface area contributed by atoms with Crippen molar-refractivity contribution in [3.63, 3.8) is 0 Å². The molecule has 0 atom stereocenters. The third-order valence-corrected chi connectivity index (χ3v) is 2.08. The van der Waals surface area contributed by atoms with Crippen LogP contribution in [0.1, 0.15) is 33.6 Å². The zero-order chi connectivity index (χ0) is 9.61. The minimum Gasteiger partial charge on any atom is -0.277 e. The molecule has 5 N–H and O–H groups in total. The Hall–Kier alpha value is -0.200. The molecule has 12 heavy (non-hydrogen) atoms. The highest BCUT2D eigenvalue weighted by molar-refractivity contribution is 4.69. The molecule has 74 valence electrons. The lowest BCUT2D eigenvalue weighted by atomic mass is 10.0. The Labute approximate surface area is 73.9 Å². The number of nitrogens with zero attached hydrogens (tertiary/aromatic N) is 1. The highest BCUT2D eigenvalue weighted by Gasteiger charge is 2.22. The van der Waals surface area contributed by atoms with Crippen LogP contribution in [0.15, 0.2) is 0 Å². The topological polar surface area (TPSA) is 76.5 Å². The van der Waals surface area contributed by atoms with Crippen LogP contribution in [-0.2, 0) is 4.84 Å². The summed E-state index contributed by atoms with van der Waals surface area (Å²) < 4.78 is 0. The Kier molecular flexibility index (Phi) is 5.36. The van der Waals surface area contributed by atoms with Gasteiger partial charge in [0.15, 0.2) is 0 Å². The van der Waals surface area contributed by atoms with Crippen molar-refractivity contribution in [1.82, 2.24) is 10.6 Å². The number of nitrogens with two attached hydrogens (primary N) is 2. The molecular weight excluding hydrogens is 156 g/mol. The molecule has 0 saturated heterocycles. The summed E-state index contributed by atoms with van der Waals surface area (Å²) in [6, 6.07) is 0. The molecule has 5 nitrogen and oxygen atoms in total. The summed E-state index contributed by atoms with van der Waals surface area (Å²) in [5, 5.41) is 1.22. The van der Waals surface area contributed by atoms with Gasteiger partial charge >= 0.3 is 0 Å². The van der Waals surface area contributed by atoms with E-state index in [1.165, 1.54) is 5.17 Å². The van der Waals surface area contributed by atoms with Gasteiger partial charge in [0.05, 0.1) is 5.60 Å². The zero-order valence-corrected chi connectivity index (χ0v) is 8.13. The molecule has 0 aliphatic heterocycles. The second kappa shape index (κ2) is 5.45. The molecule has 0 aliphatic rings. The first-order chi connectivity index (χ1) is 5.58. The van der Waals surface area contributed by atoms with Gasteiger partial charge in [0.2, 0.25) is 0 Å². The molecule has 0 spiro atoms. The molecule has 0 unspecified atom stereocenters. The summed E-state index contributed by atoms with van der Waals surface area (Å²) in [6.45, 7) is 6.46. The molecule has 0 fully saturated rings. The summed E-state index contributed by atoms with van der Waals surface area (Å²) in [4.78, 5) is 5.45. The van der Waals surface area contributed by atoms with Crippen molar-refractivity contribution in [3.05, 3.63) is 0 Å². The average molecular weight is 176 g/mol. The molecule has 0 aliphatic carbocycles. The third-order valence-electron chi connectivity index (χ3n) is 2.08. The summed E-state index contributed by atoms with van der Waals surface area (Å²) >= 11 is 0. The molecule has 0 aromatic heterocycles. The number of nitrogens with one attached hydrogen (secondary N) is 1. The van der Waals surface area contributed by atoms with Gasteiger partial charge in [-0.2, -0.15) is 0 Å². The number of hydrogen-bond donors (Lipinski definition) is 3. The molecule has 0 amide bonds. The molecule has 0 radical (unpaired) electrons. The maximum absolute atomic E-state index is 5.49. The van der Waals surface area contributed by atoms with Crippen LogP contribution in [0.3, 0.4) is 0 Å². The number of rotatable bonds is 6. The maximum Gasteiger partial charge on any atom is 0.102 e. The van der Waals surface area contributed by atoms with Gasteiger partial charge in [-0.1, -0.05) is 13.8 Å². The maximum atomic E-state index is 5.49. The van der Waals surface area contributed by atoms with Crippen molar-refractivity contribution in [3.8, 4) is 0 Å². The molecular formula is C7H20N4O. The monoisotopic (exact) mass is 176 g/mol. The summed E-state index contributed by atoms with van der Waals surface area (Å²) in [6.07, 6.45) is 1.84. The normalized spacial score (nSPS) is 12.5. The van der Waals surface area contributed by atoms with Gasteiger partial charge in [-0.3, -0.25) is 10.7 Å². The fourth-order valence-corrected chi connectivity index (χ4v) is 0.784.